The first kappa shape index (κ1) is 12.9. The summed E-state index contributed by atoms with van der Waals surface area (Å²) in [6.07, 6.45) is 2.50. The fourth-order valence-corrected chi connectivity index (χ4v) is 2.04. The molecular formula is C12H18N2OS. The minimum absolute atomic E-state index is 0.00511. The number of hydrazone groups is 1. The van der Waals surface area contributed by atoms with E-state index in [4.69, 9.17) is 0 Å². The molecule has 88 valence electrons. The van der Waals surface area contributed by atoms with Crippen molar-refractivity contribution in [1.29, 1.82) is 0 Å². The van der Waals surface area contributed by atoms with Crippen LogP contribution in [0.4, 0.5) is 0 Å². The quantitative estimate of drug-likeness (QED) is 0.621. The lowest BCUT2D eigenvalue weighted by molar-refractivity contribution is -0.121. The Morgan fingerprint density at radius 1 is 1.50 bits per heavy atom. The molecule has 1 aromatic rings. The van der Waals surface area contributed by atoms with Crippen LogP contribution in [0.2, 0.25) is 0 Å². The van der Waals surface area contributed by atoms with Gasteiger partial charge in [-0.3, -0.25) is 4.79 Å². The number of aryl methyl sites for hydroxylation is 1. The maximum atomic E-state index is 11.3. The van der Waals surface area contributed by atoms with E-state index in [2.05, 4.69) is 30.4 Å². The number of nitrogens with one attached hydrogen (secondary N) is 1. The lowest BCUT2D eigenvalue weighted by Gasteiger charge is -2.00. The van der Waals surface area contributed by atoms with E-state index >= 15 is 0 Å². The standard InChI is InChI=1S/C12H18N2OS/c1-4-5-6-12(15)14-13-10(3)11-8-7-9(2)16-11/h7-8H,4-6H2,1-3H3,(H,14,15)/b13-10+. The van der Waals surface area contributed by atoms with Crippen molar-refractivity contribution in [3.05, 3.63) is 21.9 Å². The van der Waals surface area contributed by atoms with E-state index in [0.29, 0.717) is 6.42 Å². The van der Waals surface area contributed by atoms with Gasteiger partial charge in [-0.25, -0.2) is 5.43 Å². The molecule has 1 heterocycles. The average molecular weight is 238 g/mol. The van der Waals surface area contributed by atoms with Gasteiger partial charge in [-0.1, -0.05) is 13.3 Å². The predicted molar refractivity (Wildman–Crippen MR) is 68.9 cm³/mol. The number of unbranched alkanes of at least 4 members (excludes halogenated alkanes) is 1. The zero-order valence-corrected chi connectivity index (χ0v) is 10.9. The summed E-state index contributed by atoms with van der Waals surface area (Å²) >= 11 is 1.68. The van der Waals surface area contributed by atoms with E-state index in [-0.39, 0.29) is 5.91 Å². The lowest BCUT2D eigenvalue weighted by Crippen LogP contribution is -2.18. The van der Waals surface area contributed by atoms with Crippen LogP contribution in [0.25, 0.3) is 0 Å². The van der Waals surface area contributed by atoms with E-state index in [0.717, 1.165) is 23.4 Å². The predicted octanol–water partition coefficient (Wildman–Crippen LogP) is 3.09. The highest BCUT2D eigenvalue weighted by atomic mass is 32.1. The van der Waals surface area contributed by atoms with Crippen LogP contribution in [0, 0.1) is 6.92 Å². The number of carbonyl (C=O) groups is 1. The average Bonchev–Trinajstić information content (AvgIpc) is 2.69. The van der Waals surface area contributed by atoms with E-state index in [9.17, 15) is 4.79 Å². The van der Waals surface area contributed by atoms with Crippen molar-refractivity contribution in [2.45, 2.75) is 40.0 Å². The summed E-state index contributed by atoms with van der Waals surface area (Å²) in [6, 6.07) is 4.08. The summed E-state index contributed by atoms with van der Waals surface area (Å²) < 4.78 is 0. The molecule has 0 unspecified atom stereocenters. The molecule has 1 amide bonds. The van der Waals surface area contributed by atoms with Crippen LogP contribution >= 0.6 is 11.3 Å². The molecule has 1 N–H and O–H groups in total. The van der Waals surface area contributed by atoms with Crippen molar-refractivity contribution in [2.75, 3.05) is 0 Å². The Morgan fingerprint density at radius 3 is 2.81 bits per heavy atom. The van der Waals surface area contributed by atoms with Crippen LogP contribution < -0.4 is 5.43 Å². The van der Waals surface area contributed by atoms with Gasteiger partial charge >= 0.3 is 0 Å². The number of amides is 1. The van der Waals surface area contributed by atoms with Gasteiger partial charge in [0.1, 0.15) is 0 Å². The summed E-state index contributed by atoms with van der Waals surface area (Å²) in [5, 5.41) is 4.09. The van der Waals surface area contributed by atoms with Crippen LogP contribution in [-0.2, 0) is 4.79 Å². The second kappa shape index (κ2) is 6.43. The molecule has 3 nitrogen and oxygen atoms in total. The molecule has 0 aliphatic heterocycles. The second-order valence-electron chi connectivity index (χ2n) is 3.75. The lowest BCUT2D eigenvalue weighted by atomic mass is 10.2. The molecule has 0 aromatic carbocycles. The van der Waals surface area contributed by atoms with Crippen LogP contribution in [0.1, 0.15) is 42.9 Å². The topological polar surface area (TPSA) is 41.5 Å². The first-order valence-corrected chi connectivity index (χ1v) is 6.35. The zero-order chi connectivity index (χ0) is 12.0. The van der Waals surface area contributed by atoms with Gasteiger partial charge in [0, 0.05) is 11.3 Å². The molecule has 0 spiro atoms. The van der Waals surface area contributed by atoms with Gasteiger partial charge in [-0.05, 0) is 32.4 Å². The van der Waals surface area contributed by atoms with Crippen molar-refractivity contribution in [3.8, 4) is 0 Å². The molecule has 0 radical (unpaired) electrons. The van der Waals surface area contributed by atoms with Gasteiger partial charge in [-0.15, -0.1) is 11.3 Å². The third-order valence-electron chi connectivity index (χ3n) is 2.20. The molecule has 0 saturated carbocycles. The molecule has 0 saturated heterocycles. The highest BCUT2D eigenvalue weighted by Crippen LogP contribution is 2.15. The Kier molecular flexibility index (Phi) is 5.19. The third-order valence-corrected chi connectivity index (χ3v) is 3.31. The molecule has 1 aromatic heterocycles. The summed E-state index contributed by atoms with van der Waals surface area (Å²) in [5.41, 5.74) is 3.44. The number of thiophene rings is 1. The molecule has 0 aliphatic carbocycles. The van der Waals surface area contributed by atoms with Crippen molar-refractivity contribution in [2.24, 2.45) is 5.10 Å². The van der Waals surface area contributed by atoms with Crippen LogP contribution in [0.5, 0.6) is 0 Å². The Labute approximate surface area is 101 Å². The number of nitrogens with zero attached hydrogens (tertiary/aromatic N) is 1. The van der Waals surface area contributed by atoms with Crippen molar-refractivity contribution in [3.63, 3.8) is 0 Å². The molecule has 0 fully saturated rings. The van der Waals surface area contributed by atoms with Crippen molar-refractivity contribution >= 4 is 23.0 Å². The largest absolute Gasteiger partial charge is 0.273 e. The normalized spacial score (nSPS) is 11.6. The van der Waals surface area contributed by atoms with Gasteiger partial charge in [-0.2, -0.15) is 5.10 Å². The number of carbonyl (C=O) groups excluding carboxylic acids is 1. The van der Waals surface area contributed by atoms with Gasteiger partial charge < -0.3 is 0 Å². The molecule has 16 heavy (non-hydrogen) atoms. The minimum atomic E-state index is -0.00511. The Balaban J connectivity index is 2.48. The SMILES string of the molecule is CCCCC(=O)N/N=C(\C)c1ccc(C)s1. The number of hydrogen-bond donors (Lipinski definition) is 1. The van der Waals surface area contributed by atoms with Crippen LogP contribution in [0.3, 0.4) is 0 Å². The van der Waals surface area contributed by atoms with Gasteiger partial charge in [0.25, 0.3) is 0 Å². The zero-order valence-electron chi connectivity index (χ0n) is 10.0. The summed E-state index contributed by atoms with van der Waals surface area (Å²) in [6.45, 7) is 6.03. The molecule has 0 bridgehead atoms. The Bertz CT molecular complexity index is 382. The minimum Gasteiger partial charge on any atom is -0.273 e. The van der Waals surface area contributed by atoms with Gasteiger partial charge in [0.15, 0.2) is 0 Å². The highest BCUT2D eigenvalue weighted by molar-refractivity contribution is 7.14. The fraction of sp³-hybridized carbons (Fsp3) is 0.500. The monoisotopic (exact) mass is 238 g/mol. The fourth-order valence-electron chi connectivity index (χ4n) is 1.22. The van der Waals surface area contributed by atoms with Crippen molar-refractivity contribution in [1.82, 2.24) is 5.43 Å². The van der Waals surface area contributed by atoms with Crippen LogP contribution in [-0.4, -0.2) is 11.6 Å². The first-order chi connectivity index (χ1) is 7.63. The summed E-state index contributed by atoms with van der Waals surface area (Å²) in [7, 11) is 0. The van der Waals surface area contributed by atoms with E-state index < -0.39 is 0 Å². The smallest absolute Gasteiger partial charge is 0.240 e. The maximum absolute atomic E-state index is 11.3. The molecule has 1 rings (SSSR count). The highest BCUT2D eigenvalue weighted by Gasteiger charge is 2.02. The Morgan fingerprint density at radius 2 is 2.25 bits per heavy atom. The summed E-state index contributed by atoms with van der Waals surface area (Å²) in [5.74, 6) is -0.00511. The van der Waals surface area contributed by atoms with Gasteiger partial charge in [0.05, 0.1) is 10.6 Å². The number of rotatable bonds is 5. The van der Waals surface area contributed by atoms with Crippen LogP contribution in [0.15, 0.2) is 17.2 Å². The van der Waals surface area contributed by atoms with E-state index in [1.807, 2.05) is 13.0 Å². The molecule has 4 heteroatoms. The second-order valence-corrected chi connectivity index (χ2v) is 5.03. The molecule has 0 atom stereocenters. The van der Waals surface area contributed by atoms with E-state index in [1.54, 1.807) is 11.3 Å². The third kappa shape index (κ3) is 4.14. The molecular weight excluding hydrogens is 220 g/mol. The maximum Gasteiger partial charge on any atom is 0.240 e. The molecule has 0 aliphatic rings. The van der Waals surface area contributed by atoms with E-state index in [1.165, 1.54) is 4.88 Å². The number of hydrogen-bond acceptors (Lipinski definition) is 3. The first-order valence-electron chi connectivity index (χ1n) is 5.53. The summed E-state index contributed by atoms with van der Waals surface area (Å²) in [4.78, 5) is 13.7. The Hall–Kier alpha value is -1.16. The van der Waals surface area contributed by atoms with Crippen molar-refractivity contribution < 1.29 is 4.79 Å². The van der Waals surface area contributed by atoms with Gasteiger partial charge in [0.2, 0.25) is 5.91 Å².